The molecule has 0 aliphatic carbocycles. The van der Waals surface area contributed by atoms with E-state index in [4.69, 9.17) is 10.00 Å². The van der Waals surface area contributed by atoms with Crippen LogP contribution < -0.4 is 4.74 Å². The minimum Gasteiger partial charge on any atom is -0.477 e. The highest BCUT2D eigenvalue weighted by Crippen LogP contribution is 2.22. The van der Waals surface area contributed by atoms with Gasteiger partial charge in [0, 0.05) is 18.2 Å². The Bertz CT molecular complexity index is 327. The van der Waals surface area contributed by atoms with Gasteiger partial charge >= 0.3 is 0 Å². The fourth-order valence-electron chi connectivity index (χ4n) is 1.13. The van der Waals surface area contributed by atoms with E-state index in [2.05, 4.69) is 4.98 Å². The molecule has 3 nitrogen and oxygen atoms in total. The van der Waals surface area contributed by atoms with Crippen LogP contribution in [0.2, 0.25) is 0 Å². The molecule has 1 aliphatic heterocycles. The first-order valence-corrected chi connectivity index (χ1v) is 3.42. The van der Waals surface area contributed by atoms with Gasteiger partial charge in [0.05, 0.1) is 12.2 Å². The van der Waals surface area contributed by atoms with Crippen LogP contribution in [0.25, 0.3) is 0 Å². The molecule has 0 fully saturated rings. The Balaban J connectivity index is 2.51. The Morgan fingerprint density at radius 2 is 2.55 bits per heavy atom. The summed E-state index contributed by atoms with van der Waals surface area (Å²) in [6.07, 6.45) is 2.40. The zero-order valence-electron chi connectivity index (χ0n) is 5.87. The molecule has 11 heavy (non-hydrogen) atoms. The fraction of sp³-hybridized carbons (Fsp3) is 0.250. The molecule has 1 aromatic rings. The summed E-state index contributed by atoms with van der Waals surface area (Å²) >= 11 is 0. The van der Waals surface area contributed by atoms with Crippen LogP contribution in [0, 0.1) is 11.3 Å². The van der Waals surface area contributed by atoms with Crippen LogP contribution in [0.5, 0.6) is 5.88 Å². The van der Waals surface area contributed by atoms with Gasteiger partial charge in [-0.15, -0.1) is 0 Å². The van der Waals surface area contributed by atoms with Crippen LogP contribution in [0.15, 0.2) is 12.3 Å². The third-order valence-corrected chi connectivity index (χ3v) is 1.66. The number of nitrogens with zero attached hydrogens (tertiary/aromatic N) is 2. The van der Waals surface area contributed by atoms with Crippen molar-refractivity contribution < 1.29 is 4.74 Å². The third kappa shape index (κ3) is 0.926. The van der Waals surface area contributed by atoms with Gasteiger partial charge in [0.15, 0.2) is 0 Å². The molecule has 0 aromatic carbocycles. The average Bonchev–Trinajstić information content (AvgIpc) is 2.50. The Morgan fingerprint density at radius 1 is 1.64 bits per heavy atom. The predicted octanol–water partition coefficient (Wildman–Crippen LogP) is 0.888. The molecular weight excluding hydrogens is 140 g/mol. The molecule has 0 bridgehead atoms. The first-order valence-electron chi connectivity index (χ1n) is 3.42. The van der Waals surface area contributed by atoms with Gasteiger partial charge in [-0.2, -0.15) is 5.26 Å². The van der Waals surface area contributed by atoms with Crippen molar-refractivity contribution >= 4 is 0 Å². The van der Waals surface area contributed by atoms with E-state index in [-0.39, 0.29) is 0 Å². The summed E-state index contributed by atoms with van der Waals surface area (Å²) < 4.78 is 5.18. The second-order valence-corrected chi connectivity index (χ2v) is 2.40. The number of hydrogen-bond acceptors (Lipinski definition) is 3. The van der Waals surface area contributed by atoms with Gasteiger partial charge in [-0.3, -0.25) is 0 Å². The summed E-state index contributed by atoms with van der Waals surface area (Å²) in [5, 5.41) is 8.54. The van der Waals surface area contributed by atoms with Crippen molar-refractivity contribution in [2.75, 3.05) is 6.61 Å². The maximum atomic E-state index is 8.54. The first-order chi connectivity index (χ1) is 5.40. The SMILES string of the molecule is N#Cc1cnc2c(c1)CCO2. The maximum Gasteiger partial charge on any atom is 0.216 e. The molecule has 0 saturated carbocycles. The molecule has 2 heterocycles. The lowest BCUT2D eigenvalue weighted by molar-refractivity contribution is 0.345. The molecule has 0 radical (unpaired) electrons. The minimum atomic E-state index is 0.606. The van der Waals surface area contributed by atoms with Gasteiger partial charge in [-0.05, 0) is 6.07 Å². The number of nitriles is 1. The highest BCUT2D eigenvalue weighted by molar-refractivity contribution is 5.37. The lowest BCUT2D eigenvalue weighted by Crippen LogP contribution is -1.87. The number of fused-ring (bicyclic) bond motifs is 1. The van der Waals surface area contributed by atoms with Crippen molar-refractivity contribution in [3.8, 4) is 11.9 Å². The molecule has 0 spiro atoms. The van der Waals surface area contributed by atoms with Crippen molar-refractivity contribution in [2.24, 2.45) is 0 Å². The summed E-state index contributed by atoms with van der Waals surface area (Å²) in [5.74, 6) is 0.684. The normalized spacial score (nSPS) is 13.4. The summed E-state index contributed by atoms with van der Waals surface area (Å²) in [5.41, 5.74) is 1.65. The molecule has 0 atom stereocenters. The van der Waals surface area contributed by atoms with Gasteiger partial charge in [0.25, 0.3) is 0 Å². The second-order valence-electron chi connectivity index (χ2n) is 2.40. The minimum absolute atomic E-state index is 0.606. The van der Waals surface area contributed by atoms with E-state index in [9.17, 15) is 0 Å². The molecule has 54 valence electrons. The topological polar surface area (TPSA) is 45.9 Å². The van der Waals surface area contributed by atoms with Crippen LogP contribution in [-0.4, -0.2) is 11.6 Å². The number of ether oxygens (including phenoxy) is 1. The van der Waals surface area contributed by atoms with E-state index in [0.717, 1.165) is 12.0 Å². The summed E-state index contributed by atoms with van der Waals surface area (Å²) in [7, 11) is 0. The van der Waals surface area contributed by atoms with Crippen molar-refractivity contribution in [1.29, 1.82) is 5.26 Å². The van der Waals surface area contributed by atoms with Crippen LogP contribution in [0.4, 0.5) is 0 Å². The van der Waals surface area contributed by atoms with E-state index in [0.29, 0.717) is 18.1 Å². The number of rotatable bonds is 0. The Labute approximate surface area is 64.2 Å². The Hall–Kier alpha value is -1.56. The summed E-state index contributed by atoms with van der Waals surface area (Å²) in [6, 6.07) is 3.87. The molecule has 0 N–H and O–H groups in total. The Kier molecular flexibility index (Phi) is 1.26. The van der Waals surface area contributed by atoms with E-state index >= 15 is 0 Å². The highest BCUT2D eigenvalue weighted by atomic mass is 16.5. The zero-order valence-corrected chi connectivity index (χ0v) is 5.87. The number of hydrogen-bond donors (Lipinski definition) is 0. The third-order valence-electron chi connectivity index (χ3n) is 1.66. The molecule has 2 rings (SSSR count). The van der Waals surface area contributed by atoms with Crippen LogP contribution >= 0.6 is 0 Å². The monoisotopic (exact) mass is 146 g/mol. The molecule has 1 aromatic heterocycles. The molecule has 0 unspecified atom stereocenters. The lowest BCUT2D eigenvalue weighted by Gasteiger charge is -1.94. The van der Waals surface area contributed by atoms with Crippen molar-refractivity contribution in [1.82, 2.24) is 4.98 Å². The average molecular weight is 146 g/mol. The van der Waals surface area contributed by atoms with Gasteiger partial charge in [-0.25, -0.2) is 4.98 Å². The van der Waals surface area contributed by atoms with Crippen molar-refractivity contribution in [3.63, 3.8) is 0 Å². The van der Waals surface area contributed by atoms with Crippen molar-refractivity contribution in [3.05, 3.63) is 23.4 Å². The summed E-state index contributed by atoms with van der Waals surface area (Å²) in [6.45, 7) is 0.692. The van der Waals surface area contributed by atoms with Crippen molar-refractivity contribution in [2.45, 2.75) is 6.42 Å². The smallest absolute Gasteiger partial charge is 0.216 e. The number of aromatic nitrogens is 1. The van der Waals surface area contributed by atoms with Crippen LogP contribution in [-0.2, 0) is 6.42 Å². The zero-order chi connectivity index (χ0) is 7.68. The molecular formula is C8H6N2O. The first kappa shape index (κ1) is 6.17. The highest BCUT2D eigenvalue weighted by Gasteiger charge is 2.12. The number of pyridine rings is 1. The predicted molar refractivity (Wildman–Crippen MR) is 38.2 cm³/mol. The fourth-order valence-corrected chi connectivity index (χ4v) is 1.13. The Morgan fingerprint density at radius 3 is 3.36 bits per heavy atom. The van der Waals surface area contributed by atoms with Gasteiger partial charge < -0.3 is 4.74 Å². The van der Waals surface area contributed by atoms with Crippen LogP contribution in [0.1, 0.15) is 11.1 Å². The molecule has 1 aliphatic rings. The largest absolute Gasteiger partial charge is 0.477 e. The van der Waals surface area contributed by atoms with Gasteiger partial charge in [0.2, 0.25) is 5.88 Å². The van der Waals surface area contributed by atoms with Gasteiger partial charge in [-0.1, -0.05) is 0 Å². The lowest BCUT2D eigenvalue weighted by atomic mass is 10.2. The quantitative estimate of drug-likeness (QED) is 0.546. The molecule has 3 heteroatoms. The van der Waals surface area contributed by atoms with E-state index in [1.165, 1.54) is 6.20 Å². The van der Waals surface area contributed by atoms with E-state index < -0.39 is 0 Å². The van der Waals surface area contributed by atoms with Gasteiger partial charge in [0.1, 0.15) is 6.07 Å². The molecule has 0 amide bonds. The summed E-state index contributed by atoms with van der Waals surface area (Å²) in [4.78, 5) is 3.99. The van der Waals surface area contributed by atoms with E-state index in [1.807, 2.05) is 12.1 Å². The van der Waals surface area contributed by atoms with E-state index in [1.54, 1.807) is 0 Å². The maximum absolute atomic E-state index is 8.54. The van der Waals surface area contributed by atoms with Crippen LogP contribution in [0.3, 0.4) is 0 Å². The standard InChI is InChI=1S/C8H6N2O/c9-4-6-3-7-1-2-11-8(7)10-5-6/h3,5H,1-2H2. The molecule has 0 saturated heterocycles. The second kappa shape index (κ2) is 2.24.